The molecule has 0 aliphatic carbocycles. The van der Waals surface area contributed by atoms with E-state index >= 15 is 0 Å². The van der Waals surface area contributed by atoms with E-state index in [9.17, 15) is 13.2 Å². The average Bonchev–Trinajstić information content (AvgIpc) is 3.27. The molecule has 1 unspecified atom stereocenters. The Bertz CT molecular complexity index is 1170. The third-order valence-corrected chi connectivity index (χ3v) is 6.81. The fourth-order valence-electron chi connectivity index (χ4n) is 3.46. The fourth-order valence-corrected chi connectivity index (χ4v) is 4.84. The summed E-state index contributed by atoms with van der Waals surface area (Å²) >= 11 is 0. The smallest absolute Gasteiger partial charge is 0.405 e. The molecule has 3 rings (SSSR count). The minimum Gasteiger partial charge on any atom is -0.465 e. The third kappa shape index (κ3) is 5.32. The second-order valence-corrected chi connectivity index (χ2v) is 10.1. The molecule has 0 bridgehead atoms. The van der Waals surface area contributed by atoms with Crippen molar-refractivity contribution < 1.29 is 18.3 Å². The van der Waals surface area contributed by atoms with E-state index in [1.165, 1.54) is 6.20 Å². The summed E-state index contributed by atoms with van der Waals surface area (Å²) in [6, 6.07) is 13.7. The van der Waals surface area contributed by atoms with Crippen molar-refractivity contribution in [3.05, 3.63) is 66.0 Å². The lowest BCUT2D eigenvalue weighted by Crippen LogP contribution is -2.41. The van der Waals surface area contributed by atoms with Crippen LogP contribution in [0.5, 0.6) is 0 Å². The number of nitrogens with one attached hydrogen (secondary N) is 3. The zero-order chi connectivity index (χ0) is 23.5. The van der Waals surface area contributed by atoms with Crippen molar-refractivity contribution in [2.24, 2.45) is 5.92 Å². The van der Waals surface area contributed by atoms with Crippen molar-refractivity contribution in [3.8, 4) is 11.1 Å². The molecule has 1 aromatic heterocycles. The Hall–Kier alpha value is -3.24. The second-order valence-electron chi connectivity index (χ2n) is 8.41. The van der Waals surface area contributed by atoms with Gasteiger partial charge in [-0.1, -0.05) is 44.2 Å². The van der Waals surface area contributed by atoms with E-state index in [1.54, 1.807) is 38.1 Å². The van der Waals surface area contributed by atoms with E-state index in [-0.39, 0.29) is 16.9 Å². The van der Waals surface area contributed by atoms with Crippen LogP contribution in [0.2, 0.25) is 0 Å². The minimum absolute atomic E-state index is 0.0630. The molecule has 1 heterocycles. The predicted molar refractivity (Wildman–Crippen MR) is 120 cm³/mol. The number of benzene rings is 2. The van der Waals surface area contributed by atoms with Crippen LogP contribution in [-0.4, -0.2) is 35.0 Å². The van der Waals surface area contributed by atoms with Crippen LogP contribution in [0.15, 0.2) is 59.6 Å². The highest BCUT2D eigenvalue weighted by molar-refractivity contribution is 7.89. The molecule has 32 heavy (non-hydrogen) atoms. The maximum absolute atomic E-state index is 12.9. The molecule has 0 aliphatic rings. The summed E-state index contributed by atoms with van der Waals surface area (Å²) in [7, 11) is -3.80. The van der Waals surface area contributed by atoms with Gasteiger partial charge >= 0.3 is 6.09 Å². The number of aromatic nitrogens is 3. The Morgan fingerprint density at radius 3 is 2.34 bits per heavy atom. The van der Waals surface area contributed by atoms with Crippen LogP contribution in [0.1, 0.15) is 45.0 Å². The monoisotopic (exact) mass is 457 g/mol. The highest BCUT2D eigenvalue weighted by Crippen LogP contribution is 2.28. The molecule has 3 aromatic rings. The van der Waals surface area contributed by atoms with Gasteiger partial charge in [-0.15, -0.1) is 0 Å². The van der Waals surface area contributed by atoms with E-state index in [0.717, 1.165) is 16.7 Å². The summed E-state index contributed by atoms with van der Waals surface area (Å²) in [5, 5.41) is 21.9. The number of H-pyrrole nitrogens is 1. The van der Waals surface area contributed by atoms with Crippen molar-refractivity contribution in [2.45, 2.75) is 44.2 Å². The fraction of sp³-hybridized carbons (Fsp3) is 0.318. The first-order valence-corrected chi connectivity index (χ1v) is 11.6. The van der Waals surface area contributed by atoms with Crippen LogP contribution in [0.3, 0.4) is 0 Å². The number of rotatable bonds is 8. The van der Waals surface area contributed by atoms with Gasteiger partial charge in [-0.05, 0) is 54.7 Å². The molecule has 0 saturated heterocycles. The molecule has 170 valence electrons. The number of carboxylic acid groups (broad SMARTS) is 1. The van der Waals surface area contributed by atoms with Gasteiger partial charge in [0.15, 0.2) is 0 Å². The summed E-state index contributed by atoms with van der Waals surface area (Å²) in [5.41, 5.74) is 2.05. The van der Waals surface area contributed by atoms with Crippen molar-refractivity contribution in [1.82, 2.24) is 25.4 Å². The highest BCUT2D eigenvalue weighted by atomic mass is 32.2. The zero-order valence-corrected chi connectivity index (χ0v) is 19.1. The predicted octanol–water partition coefficient (Wildman–Crippen LogP) is 3.65. The molecule has 0 saturated carbocycles. The summed E-state index contributed by atoms with van der Waals surface area (Å²) in [6.45, 7) is 7.30. The van der Waals surface area contributed by atoms with Gasteiger partial charge in [-0.3, -0.25) is 0 Å². The molecule has 1 amide bonds. The zero-order valence-electron chi connectivity index (χ0n) is 18.3. The summed E-state index contributed by atoms with van der Waals surface area (Å²) in [4.78, 5) is 11.3. The molecule has 0 radical (unpaired) electrons. The summed E-state index contributed by atoms with van der Waals surface area (Å²) in [6.07, 6.45) is 0.395. The summed E-state index contributed by atoms with van der Waals surface area (Å²) in [5.74, 6) is 0.0630. The van der Waals surface area contributed by atoms with Crippen LogP contribution >= 0.6 is 0 Å². The molecular formula is C22H27N5O4S. The largest absolute Gasteiger partial charge is 0.465 e. The quantitative estimate of drug-likeness (QED) is 0.407. The average molecular weight is 458 g/mol. The number of carbonyl (C=O) groups is 1. The van der Waals surface area contributed by atoms with Crippen LogP contribution < -0.4 is 10.0 Å². The van der Waals surface area contributed by atoms with Crippen molar-refractivity contribution in [2.75, 3.05) is 0 Å². The molecule has 0 aliphatic heterocycles. The topological polar surface area (TPSA) is 137 Å². The van der Waals surface area contributed by atoms with Gasteiger partial charge < -0.3 is 10.4 Å². The normalized spacial score (nSPS) is 13.2. The van der Waals surface area contributed by atoms with Gasteiger partial charge in [-0.2, -0.15) is 20.1 Å². The molecule has 9 nitrogen and oxygen atoms in total. The minimum atomic E-state index is -3.80. The lowest BCUT2D eigenvalue weighted by atomic mass is 9.93. The molecule has 2 aromatic carbocycles. The van der Waals surface area contributed by atoms with Crippen molar-refractivity contribution in [1.29, 1.82) is 0 Å². The van der Waals surface area contributed by atoms with Crippen LogP contribution in [-0.2, 0) is 15.6 Å². The number of sulfonamides is 1. The van der Waals surface area contributed by atoms with Crippen molar-refractivity contribution >= 4 is 16.1 Å². The Morgan fingerprint density at radius 2 is 1.78 bits per heavy atom. The van der Waals surface area contributed by atoms with Gasteiger partial charge in [0, 0.05) is 0 Å². The van der Waals surface area contributed by atoms with Crippen LogP contribution in [0, 0.1) is 5.92 Å². The molecular weight excluding hydrogens is 430 g/mol. The van der Waals surface area contributed by atoms with E-state index < -0.39 is 21.7 Å². The number of hydrogen-bond donors (Lipinski definition) is 4. The van der Waals surface area contributed by atoms with Gasteiger partial charge in [0.25, 0.3) is 0 Å². The Balaban J connectivity index is 1.85. The number of aromatic amines is 1. The lowest BCUT2D eigenvalue weighted by Gasteiger charge is -2.23. The summed E-state index contributed by atoms with van der Waals surface area (Å²) < 4.78 is 28.4. The second kappa shape index (κ2) is 9.09. The van der Waals surface area contributed by atoms with Crippen LogP contribution in [0.25, 0.3) is 11.1 Å². The first-order valence-electron chi connectivity index (χ1n) is 10.1. The Morgan fingerprint density at radius 1 is 1.09 bits per heavy atom. The number of nitrogens with zero attached hydrogens (tertiary/aromatic N) is 2. The maximum atomic E-state index is 12.9. The molecule has 10 heteroatoms. The number of amides is 1. The molecule has 4 N–H and O–H groups in total. The molecule has 1 atom stereocenters. The first kappa shape index (κ1) is 23.4. The van der Waals surface area contributed by atoms with Gasteiger partial charge in [0.05, 0.1) is 22.7 Å². The molecule has 0 spiro atoms. The van der Waals surface area contributed by atoms with Gasteiger partial charge in [0.1, 0.15) is 5.69 Å². The van der Waals surface area contributed by atoms with E-state index in [4.69, 9.17) is 5.11 Å². The van der Waals surface area contributed by atoms with Crippen LogP contribution in [0.4, 0.5) is 4.79 Å². The first-order chi connectivity index (χ1) is 15.0. The van der Waals surface area contributed by atoms with Gasteiger partial charge in [0.2, 0.25) is 10.0 Å². The highest BCUT2D eigenvalue weighted by Gasteiger charge is 2.30. The maximum Gasteiger partial charge on any atom is 0.405 e. The SMILES string of the molecule is CC(C)C(NC(=O)O)c1cccc(-c2ccc(S(=O)(=O)NC(C)(C)c3cn[nH]n3)cc2)c1. The van der Waals surface area contributed by atoms with Crippen molar-refractivity contribution in [3.63, 3.8) is 0 Å². The van der Waals surface area contributed by atoms with E-state index in [0.29, 0.717) is 5.69 Å². The van der Waals surface area contributed by atoms with Gasteiger partial charge in [-0.25, -0.2) is 13.2 Å². The Labute approximate surface area is 187 Å². The third-order valence-electron chi connectivity index (χ3n) is 5.13. The lowest BCUT2D eigenvalue weighted by molar-refractivity contribution is 0.186. The molecule has 0 fully saturated rings. The number of hydrogen-bond acceptors (Lipinski definition) is 5. The Kier molecular flexibility index (Phi) is 6.65. The standard InChI is InChI=1S/C22H27N5O4S/c1-14(2)20(24-21(28)29)17-7-5-6-16(12-17)15-8-10-18(11-9-15)32(30,31)26-22(3,4)19-13-23-27-25-19/h5-14,20,24,26H,1-4H3,(H,28,29)(H,23,25,27). The van der Waals surface area contributed by atoms with E-state index in [2.05, 4.69) is 25.4 Å². The van der Waals surface area contributed by atoms with E-state index in [1.807, 2.05) is 38.1 Å².